The molecule has 7 nitrogen and oxygen atoms in total. The Labute approximate surface area is 130 Å². The number of aromatic nitrogens is 1. The molecule has 1 aromatic carbocycles. The number of hydrogen-bond donors (Lipinski definition) is 0. The molecular weight excluding hydrogens is 305 g/mol. The predicted octanol–water partition coefficient (Wildman–Crippen LogP) is 2.44. The van der Waals surface area contributed by atoms with E-state index in [4.69, 9.17) is 4.74 Å². The highest BCUT2D eigenvalue weighted by Crippen LogP contribution is 2.34. The molecule has 0 fully saturated rings. The molecule has 1 aliphatic heterocycles. The molecule has 1 aromatic heterocycles. The van der Waals surface area contributed by atoms with Crippen LogP contribution in [-0.2, 0) is 11.3 Å². The minimum absolute atomic E-state index is 0.0895. The molecule has 118 valence electrons. The Kier molecular flexibility index (Phi) is 3.65. The topological polar surface area (TPSA) is 85.6 Å². The Balaban J connectivity index is 2.01. The monoisotopic (exact) mass is 317 g/mol. The fraction of sp³-hybridized carbons (Fsp3) is 0.200. The van der Waals surface area contributed by atoms with E-state index in [2.05, 4.69) is 4.98 Å². The summed E-state index contributed by atoms with van der Waals surface area (Å²) in [5.41, 5.74) is 0.674. The maximum absolute atomic E-state index is 13.0. The number of nitro groups is 1. The molecule has 0 radical (unpaired) electrons. The van der Waals surface area contributed by atoms with Crippen molar-refractivity contribution in [2.45, 2.75) is 19.6 Å². The van der Waals surface area contributed by atoms with Crippen LogP contribution < -0.4 is 9.64 Å². The summed E-state index contributed by atoms with van der Waals surface area (Å²) in [5.74, 6) is -0.741. The lowest BCUT2D eigenvalue weighted by Gasteiger charge is -2.29. The largest absolute Gasteiger partial charge is 0.475 e. The number of nitrogens with zero attached hydrogens (tertiary/aromatic N) is 3. The number of rotatable bonds is 3. The number of hydrogen-bond acceptors (Lipinski definition) is 5. The number of carbonyl (C=O) groups excluding carboxylic acids is 1. The molecule has 1 atom stereocenters. The molecule has 2 aromatic rings. The van der Waals surface area contributed by atoms with Crippen LogP contribution in [0.15, 0.2) is 36.4 Å². The summed E-state index contributed by atoms with van der Waals surface area (Å²) < 4.78 is 18.4. The van der Waals surface area contributed by atoms with Gasteiger partial charge in [-0.3, -0.25) is 9.69 Å². The fourth-order valence-electron chi connectivity index (χ4n) is 2.30. The highest BCUT2D eigenvalue weighted by Gasteiger charge is 2.36. The van der Waals surface area contributed by atoms with Crippen LogP contribution >= 0.6 is 0 Å². The Hall–Kier alpha value is -3.03. The first-order valence-corrected chi connectivity index (χ1v) is 6.83. The first-order valence-electron chi connectivity index (χ1n) is 6.83. The van der Waals surface area contributed by atoms with Crippen molar-refractivity contribution in [1.29, 1.82) is 0 Å². The molecular formula is C15H12FN3O4. The lowest BCUT2D eigenvalue weighted by Crippen LogP contribution is -2.44. The quantitative estimate of drug-likeness (QED) is 0.641. The van der Waals surface area contributed by atoms with Gasteiger partial charge in [-0.05, 0) is 40.6 Å². The van der Waals surface area contributed by atoms with Crippen LogP contribution in [0.3, 0.4) is 0 Å². The van der Waals surface area contributed by atoms with Gasteiger partial charge in [-0.25, -0.2) is 4.39 Å². The van der Waals surface area contributed by atoms with E-state index in [-0.39, 0.29) is 29.9 Å². The van der Waals surface area contributed by atoms with Crippen molar-refractivity contribution in [3.63, 3.8) is 0 Å². The Bertz CT molecular complexity index is 779. The van der Waals surface area contributed by atoms with Crippen LogP contribution in [0.1, 0.15) is 12.5 Å². The second-order valence-corrected chi connectivity index (χ2v) is 5.06. The highest BCUT2D eigenvalue weighted by atomic mass is 19.1. The zero-order valence-electron chi connectivity index (χ0n) is 12.1. The number of anilines is 1. The molecule has 0 saturated carbocycles. The summed E-state index contributed by atoms with van der Waals surface area (Å²) in [6.45, 7) is 1.71. The van der Waals surface area contributed by atoms with Gasteiger partial charge in [0.2, 0.25) is 0 Å². The number of ether oxygens (including phenoxy) is 1. The minimum Gasteiger partial charge on any atom is -0.475 e. The third-order valence-corrected chi connectivity index (χ3v) is 3.44. The van der Waals surface area contributed by atoms with Gasteiger partial charge in [-0.15, -0.1) is 0 Å². The maximum atomic E-state index is 13.0. The van der Waals surface area contributed by atoms with Crippen LogP contribution in [0, 0.1) is 15.9 Å². The van der Waals surface area contributed by atoms with Gasteiger partial charge in [-0.2, -0.15) is 0 Å². The molecule has 3 rings (SSSR count). The molecule has 23 heavy (non-hydrogen) atoms. The summed E-state index contributed by atoms with van der Waals surface area (Å²) in [6.07, 6.45) is -0.730. The highest BCUT2D eigenvalue weighted by molar-refractivity contribution is 5.98. The van der Waals surface area contributed by atoms with Gasteiger partial charge < -0.3 is 14.9 Å². The molecule has 8 heteroatoms. The summed E-state index contributed by atoms with van der Waals surface area (Å²) in [4.78, 5) is 27.8. The van der Waals surface area contributed by atoms with Gasteiger partial charge in [-0.1, -0.05) is 12.1 Å². The number of pyridine rings is 1. The number of fused-ring (bicyclic) bond motifs is 1. The zero-order chi connectivity index (χ0) is 16.6. The Morgan fingerprint density at radius 1 is 1.30 bits per heavy atom. The second-order valence-electron chi connectivity index (χ2n) is 5.06. The number of benzene rings is 1. The van der Waals surface area contributed by atoms with Crippen molar-refractivity contribution in [2.24, 2.45) is 0 Å². The average Bonchev–Trinajstić information content (AvgIpc) is 2.53. The first-order chi connectivity index (χ1) is 11.0. The van der Waals surface area contributed by atoms with Gasteiger partial charge in [0.1, 0.15) is 5.82 Å². The van der Waals surface area contributed by atoms with Gasteiger partial charge in [0, 0.05) is 6.07 Å². The van der Waals surface area contributed by atoms with E-state index in [1.165, 1.54) is 29.2 Å². The van der Waals surface area contributed by atoms with Gasteiger partial charge >= 0.3 is 5.82 Å². The molecule has 0 saturated heterocycles. The van der Waals surface area contributed by atoms with E-state index in [1.807, 2.05) is 0 Å². The summed E-state index contributed by atoms with van der Waals surface area (Å²) >= 11 is 0. The van der Waals surface area contributed by atoms with Crippen LogP contribution in [0.2, 0.25) is 0 Å². The molecule has 0 aliphatic carbocycles. The fourth-order valence-corrected chi connectivity index (χ4v) is 2.30. The zero-order valence-corrected chi connectivity index (χ0v) is 12.1. The molecule has 2 heterocycles. The van der Waals surface area contributed by atoms with Gasteiger partial charge in [0.15, 0.2) is 11.9 Å². The normalized spacial score (nSPS) is 16.7. The predicted molar refractivity (Wildman–Crippen MR) is 78.6 cm³/mol. The van der Waals surface area contributed by atoms with E-state index in [1.54, 1.807) is 19.1 Å². The van der Waals surface area contributed by atoms with E-state index in [0.717, 1.165) is 0 Å². The third kappa shape index (κ3) is 2.83. The van der Waals surface area contributed by atoms with E-state index < -0.39 is 11.0 Å². The van der Waals surface area contributed by atoms with E-state index in [0.29, 0.717) is 11.3 Å². The lowest BCUT2D eigenvalue weighted by molar-refractivity contribution is -0.389. The maximum Gasteiger partial charge on any atom is 0.366 e. The Morgan fingerprint density at radius 2 is 2.00 bits per heavy atom. The van der Waals surface area contributed by atoms with Crippen molar-refractivity contribution in [3.05, 3.63) is 57.9 Å². The summed E-state index contributed by atoms with van der Waals surface area (Å²) in [7, 11) is 0. The lowest BCUT2D eigenvalue weighted by atomic mass is 10.1. The van der Waals surface area contributed by atoms with Crippen molar-refractivity contribution in [2.75, 3.05) is 4.90 Å². The minimum atomic E-state index is -0.730. The van der Waals surface area contributed by atoms with Gasteiger partial charge in [0.25, 0.3) is 11.7 Å². The average molecular weight is 317 g/mol. The molecule has 0 N–H and O–H groups in total. The molecule has 0 unspecified atom stereocenters. The SMILES string of the molecule is C[C@@H]1Oc2ccc([N+](=O)[O-])nc2N(Cc2ccc(F)cc2)C1=O. The van der Waals surface area contributed by atoms with Crippen molar-refractivity contribution in [1.82, 2.24) is 4.98 Å². The van der Waals surface area contributed by atoms with Crippen molar-refractivity contribution >= 4 is 17.5 Å². The van der Waals surface area contributed by atoms with Crippen LogP contribution in [0.5, 0.6) is 5.75 Å². The van der Waals surface area contributed by atoms with E-state index >= 15 is 0 Å². The van der Waals surface area contributed by atoms with Crippen molar-refractivity contribution in [3.8, 4) is 5.75 Å². The summed E-state index contributed by atoms with van der Waals surface area (Å²) in [5, 5.41) is 10.9. The molecule has 0 spiro atoms. The molecule has 0 bridgehead atoms. The van der Waals surface area contributed by atoms with Crippen molar-refractivity contribution < 1.29 is 18.8 Å². The number of carbonyl (C=O) groups is 1. The molecule has 1 amide bonds. The van der Waals surface area contributed by atoms with Crippen LogP contribution in [0.4, 0.5) is 16.0 Å². The van der Waals surface area contributed by atoms with Crippen LogP contribution in [-0.4, -0.2) is 21.9 Å². The van der Waals surface area contributed by atoms with Crippen LogP contribution in [0.25, 0.3) is 0 Å². The summed E-state index contributed by atoms with van der Waals surface area (Å²) in [6, 6.07) is 8.29. The smallest absolute Gasteiger partial charge is 0.366 e. The second kappa shape index (κ2) is 5.64. The molecule has 1 aliphatic rings. The third-order valence-electron chi connectivity index (χ3n) is 3.44. The first kappa shape index (κ1) is 14.9. The van der Waals surface area contributed by atoms with Gasteiger partial charge in [0.05, 0.1) is 6.54 Å². The number of amides is 1. The van der Waals surface area contributed by atoms with E-state index in [9.17, 15) is 19.3 Å². The Morgan fingerprint density at radius 3 is 2.65 bits per heavy atom. The standard InChI is InChI=1S/C15H12FN3O4/c1-9-15(20)18(8-10-2-4-11(16)5-3-10)14-12(23-9)6-7-13(17-14)19(21)22/h2-7,9H,8H2,1H3/t9-/m0/s1. The number of halogens is 1.